The Morgan fingerprint density at radius 3 is 2.56 bits per heavy atom. The van der Waals surface area contributed by atoms with E-state index in [4.69, 9.17) is 0 Å². The van der Waals surface area contributed by atoms with Crippen molar-refractivity contribution in [3.63, 3.8) is 0 Å². The quantitative estimate of drug-likeness (QED) is 0.360. The lowest BCUT2D eigenvalue weighted by Crippen LogP contribution is -2.28. The largest absolute Gasteiger partial charge is 0.298 e. The van der Waals surface area contributed by atoms with Crippen LogP contribution in [0.1, 0.15) is 29.8 Å². The molecule has 0 saturated carbocycles. The second-order valence-corrected chi connectivity index (χ2v) is 12.9. The number of hydrogen-bond acceptors (Lipinski definition) is 6. The lowest BCUT2D eigenvalue weighted by Gasteiger charge is -2.24. The maximum Gasteiger partial charge on any atom is 0.257 e. The second kappa shape index (κ2) is 8.38. The number of nitrogens with one attached hydrogen (secondary N) is 1. The lowest BCUT2D eigenvalue weighted by atomic mass is 9.93. The molecule has 0 aliphatic rings. The molecule has 1 amide bonds. The van der Waals surface area contributed by atoms with Gasteiger partial charge in [0.25, 0.3) is 5.91 Å². The number of amides is 1. The van der Waals surface area contributed by atoms with E-state index in [2.05, 4.69) is 31.2 Å². The monoisotopic (exact) mass is 529 g/mol. The third-order valence-electron chi connectivity index (χ3n) is 5.46. The van der Waals surface area contributed by atoms with Crippen LogP contribution in [0, 0.1) is 0 Å². The van der Waals surface area contributed by atoms with Crippen LogP contribution in [0.3, 0.4) is 0 Å². The van der Waals surface area contributed by atoms with Crippen molar-refractivity contribution in [3.8, 4) is 11.1 Å². The van der Waals surface area contributed by atoms with Gasteiger partial charge in [0, 0.05) is 29.0 Å². The lowest BCUT2D eigenvalue weighted by molar-refractivity contribution is 0.102. The van der Waals surface area contributed by atoms with Gasteiger partial charge in [0.1, 0.15) is 0 Å². The molecule has 0 radical (unpaired) electrons. The number of pyridine rings is 1. The number of carbonyl (C=O) groups is 1. The summed E-state index contributed by atoms with van der Waals surface area (Å²) in [6, 6.07) is 14.6. The Hall–Kier alpha value is -2.62. The molecular weight excluding hydrogens is 510 g/mol. The molecule has 32 heavy (non-hydrogen) atoms. The van der Waals surface area contributed by atoms with Crippen molar-refractivity contribution in [2.75, 3.05) is 11.6 Å². The molecule has 2 aromatic heterocycles. The molecule has 0 aliphatic heterocycles. The Balaban J connectivity index is 1.83. The number of fused-ring (bicyclic) bond motifs is 1. The summed E-state index contributed by atoms with van der Waals surface area (Å²) in [5, 5.41) is 4.12. The molecule has 4 rings (SSSR count). The van der Waals surface area contributed by atoms with Crippen LogP contribution in [0.15, 0.2) is 64.7 Å². The first-order chi connectivity index (χ1) is 15.1. The molecule has 0 aliphatic carbocycles. The predicted molar refractivity (Wildman–Crippen MR) is 133 cm³/mol. The van der Waals surface area contributed by atoms with Crippen LogP contribution >= 0.6 is 27.3 Å². The van der Waals surface area contributed by atoms with Crippen molar-refractivity contribution in [3.05, 3.63) is 75.8 Å². The highest BCUT2D eigenvalue weighted by atomic mass is 79.9. The summed E-state index contributed by atoms with van der Waals surface area (Å²) in [5.41, 5.74) is 3.40. The van der Waals surface area contributed by atoms with Crippen LogP contribution in [0.5, 0.6) is 0 Å². The van der Waals surface area contributed by atoms with Crippen LogP contribution in [-0.2, 0) is 14.6 Å². The highest BCUT2D eigenvalue weighted by Gasteiger charge is 2.33. The zero-order chi connectivity index (χ0) is 23.1. The summed E-state index contributed by atoms with van der Waals surface area (Å²) < 4.78 is 24.7. The van der Waals surface area contributed by atoms with Crippen LogP contribution in [0.4, 0.5) is 5.13 Å². The van der Waals surface area contributed by atoms with Crippen molar-refractivity contribution in [2.24, 2.45) is 0 Å². The Kier molecular flexibility index (Phi) is 5.91. The fraction of sp³-hybridized carbons (Fsp3) is 0.174. The predicted octanol–water partition coefficient (Wildman–Crippen LogP) is 5.65. The molecule has 1 N–H and O–H groups in total. The maximum atomic E-state index is 12.8. The third kappa shape index (κ3) is 4.32. The van der Waals surface area contributed by atoms with E-state index in [0.717, 1.165) is 25.8 Å². The molecule has 0 atom stereocenters. The standard InChI is InChI=1S/C23H20BrN3O3S2/c1-23(2,32(3,29)30)17-11-15-8-5-9-25-20(15)18(12-17)14-6-4-7-16(10-14)21(28)27-22-26-13-19(24)31-22/h4-13H,1-3H3,(H,26,27,28). The van der Waals surface area contributed by atoms with Crippen LogP contribution in [0.2, 0.25) is 0 Å². The zero-order valence-electron chi connectivity index (χ0n) is 17.6. The molecular formula is C23H20BrN3O3S2. The number of anilines is 1. The van der Waals surface area contributed by atoms with E-state index in [1.165, 1.54) is 17.6 Å². The molecule has 0 spiro atoms. The topological polar surface area (TPSA) is 89.0 Å². The van der Waals surface area contributed by atoms with Crippen LogP contribution < -0.4 is 5.32 Å². The van der Waals surface area contributed by atoms with E-state index in [9.17, 15) is 13.2 Å². The van der Waals surface area contributed by atoms with Gasteiger partial charge in [-0.05, 0) is 71.2 Å². The molecule has 0 saturated heterocycles. The molecule has 0 unspecified atom stereocenters. The first-order valence-electron chi connectivity index (χ1n) is 9.68. The van der Waals surface area contributed by atoms with E-state index in [0.29, 0.717) is 16.3 Å². The number of thiazole rings is 1. The first-order valence-corrected chi connectivity index (χ1v) is 13.2. The number of sulfone groups is 1. The van der Waals surface area contributed by atoms with Gasteiger partial charge in [0.15, 0.2) is 15.0 Å². The SMILES string of the molecule is CC(C)(c1cc(-c2cccc(C(=O)Nc3ncc(Br)s3)c2)c2ncccc2c1)S(C)(=O)=O. The summed E-state index contributed by atoms with van der Waals surface area (Å²) in [6.45, 7) is 3.39. The van der Waals surface area contributed by atoms with Crippen molar-refractivity contribution in [1.29, 1.82) is 0 Å². The number of nitrogens with zero attached hydrogens (tertiary/aromatic N) is 2. The number of hydrogen-bond donors (Lipinski definition) is 1. The molecule has 9 heteroatoms. The van der Waals surface area contributed by atoms with Gasteiger partial charge in [-0.25, -0.2) is 13.4 Å². The van der Waals surface area contributed by atoms with Crippen molar-refractivity contribution >= 4 is 59.0 Å². The summed E-state index contributed by atoms with van der Waals surface area (Å²) >= 11 is 4.66. The van der Waals surface area contributed by atoms with Gasteiger partial charge in [-0.15, -0.1) is 0 Å². The normalized spacial score (nSPS) is 12.1. The Bertz CT molecular complexity index is 1450. The molecule has 2 aromatic carbocycles. The third-order valence-corrected chi connectivity index (χ3v) is 8.94. The van der Waals surface area contributed by atoms with E-state index in [1.54, 1.807) is 44.4 Å². The van der Waals surface area contributed by atoms with Gasteiger partial charge in [-0.3, -0.25) is 15.1 Å². The van der Waals surface area contributed by atoms with Gasteiger partial charge in [0.05, 0.1) is 20.2 Å². The highest BCUT2D eigenvalue weighted by molar-refractivity contribution is 9.11. The molecule has 6 nitrogen and oxygen atoms in total. The van der Waals surface area contributed by atoms with E-state index in [-0.39, 0.29) is 5.91 Å². The van der Waals surface area contributed by atoms with Crippen molar-refractivity contribution in [2.45, 2.75) is 18.6 Å². The fourth-order valence-corrected chi connectivity index (χ4v) is 4.93. The molecule has 2 heterocycles. The number of halogens is 1. The number of aromatic nitrogens is 2. The van der Waals surface area contributed by atoms with Crippen molar-refractivity contribution < 1.29 is 13.2 Å². The summed E-state index contributed by atoms with van der Waals surface area (Å²) in [7, 11) is -3.37. The van der Waals surface area contributed by atoms with Gasteiger partial charge in [-0.2, -0.15) is 0 Å². The minimum absolute atomic E-state index is 0.279. The van der Waals surface area contributed by atoms with Crippen molar-refractivity contribution in [1.82, 2.24) is 9.97 Å². The minimum atomic E-state index is -3.37. The molecule has 164 valence electrons. The molecule has 4 aromatic rings. The Morgan fingerprint density at radius 2 is 1.88 bits per heavy atom. The molecule has 0 fully saturated rings. The van der Waals surface area contributed by atoms with Crippen LogP contribution in [0.25, 0.3) is 22.0 Å². The van der Waals surface area contributed by atoms with Gasteiger partial charge in [-0.1, -0.05) is 29.5 Å². The summed E-state index contributed by atoms with van der Waals surface area (Å²) in [5.74, 6) is -0.279. The average molecular weight is 530 g/mol. The number of benzene rings is 2. The minimum Gasteiger partial charge on any atom is -0.298 e. The van der Waals surface area contributed by atoms with E-state index in [1.807, 2.05) is 30.3 Å². The van der Waals surface area contributed by atoms with Gasteiger partial charge in [0.2, 0.25) is 0 Å². The first kappa shape index (κ1) is 22.6. The maximum absolute atomic E-state index is 12.8. The molecule has 0 bridgehead atoms. The number of rotatable bonds is 5. The summed E-state index contributed by atoms with van der Waals surface area (Å²) in [6.07, 6.45) is 4.57. The van der Waals surface area contributed by atoms with E-state index >= 15 is 0 Å². The second-order valence-electron chi connectivity index (χ2n) is 7.89. The zero-order valence-corrected chi connectivity index (χ0v) is 20.8. The fourth-order valence-electron chi connectivity index (χ4n) is 3.28. The smallest absolute Gasteiger partial charge is 0.257 e. The summed E-state index contributed by atoms with van der Waals surface area (Å²) in [4.78, 5) is 21.4. The Labute approximate surface area is 198 Å². The van der Waals surface area contributed by atoms with E-state index < -0.39 is 14.6 Å². The van der Waals surface area contributed by atoms with Gasteiger partial charge >= 0.3 is 0 Å². The highest BCUT2D eigenvalue weighted by Crippen LogP contribution is 2.36. The van der Waals surface area contributed by atoms with Gasteiger partial charge < -0.3 is 0 Å². The van der Waals surface area contributed by atoms with Crippen LogP contribution in [-0.4, -0.2) is 30.5 Å². The number of carbonyl (C=O) groups excluding carboxylic acids is 1. The Morgan fingerprint density at radius 1 is 1.09 bits per heavy atom. The average Bonchev–Trinajstić information content (AvgIpc) is 3.16.